The Labute approximate surface area is 124 Å². The van der Waals surface area contributed by atoms with Crippen LogP contribution >= 0.6 is 11.6 Å². The summed E-state index contributed by atoms with van der Waals surface area (Å²) in [6.45, 7) is 5.83. The third-order valence-electron chi connectivity index (χ3n) is 3.19. The maximum atomic E-state index is 9.88. The summed E-state index contributed by atoms with van der Waals surface area (Å²) in [6.07, 6.45) is 3.55. The van der Waals surface area contributed by atoms with Gasteiger partial charge in [-0.3, -0.25) is 0 Å². The van der Waals surface area contributed by atoms with Crippen molar-refractivity contribution in [2.75, 3.05) is 36.5 Å². The zero-order valence-corrected chi connectivity index (χ0v) is 13.1. The van der Waals surface area contributed by atoms with E-state index in [9.17, 15) is 5.11 Å². The van der Waals surface area contributed by atoms with Gasteiger partial charge >= 0.3 is 0 Å². The molecular weight excluding hydrogens is 278 g/mol. The van der Waals surface area contributed by atoms with Gasteiger partial charge in [0.2, 0.25) is 17.2 Å². The van der Waals surface area contributed by atoms with Crippen molar-refractivity contribution in [2.24, 2.45) is 0 Å². The molecule has 0 spiro atoms. The Kier molecular flexibility index (Phi) is 4.65. The molecule has 2 rings (SSSR count). The molecule has 0 amide bonds. The lowest BCUT2D eigenvalue weighted by atomic mass is 10.1. The minimum absolute atomic E-state index is 0.193. The number of likely N-dealkylation sites (N-methyl/N-ethyl adjacent to an activating group) is 1. The molecule has 0 bridgehead atoms. The van der Waals surface area contributed by atoms with E-state index in [1.807, 2.05) is 7.05 Å². The van der Waals surface area contributed by atoms with E-state index < -0.39 is 5.60 Å². The summed E-state index contributed by atoms with van der Waals surface area (Å²) in [5.41, 5.74) is -0.820. The van der Waals surface area contributed by atoms with Crippen LogP contribution in [0.4, 0.5) is 11.9 Å². The summed E-state index contributed by atoms with van der Waals surface area (Å²) < 4.78 is 0. The van der Waals surface area contributed by atoms with Gasteiger partial charge in [-0.05, 0) is 44.7 Å². The number of piperidine rings is 1. The maximum absolute atomic E-state index is 9.88. The van der Waals surface area contributed by atoms with Crippen LogP contribution in [0.3, 0.4) is 0 Å². The summed E-state index contributed by atoms with van der Waals surface area (Å²) in [6, 6.07) is 0. The fraction of sp³-hybridized carbons (Fsp3) is 0.769. The van der Waals surface area contributed by atoms with Crippen molar-refractivity contribution >= 4 is 23.5 Å². The number of halogens is 1. The van der Waals surface area contributed by atoms with Crippen LogP contribution in [-0.2, 0) is 0 Å². The molecule has 0 radical (unpaired) electrons. The lowest BCUT2D eigenvalue weighted by Crippen LogP contribution is -2.38. The highest BCUT2D eigenvalue weighted by atomic mass is 35.5. The van der Waals surface area contributed by atoms with Crippen molar-refractivity contribution in [1.82, 2.24) is 15.0 Å². The molecule has 0 saturated carbocycles. The molecular formula is C13H22ClN5O. The van der Waals surface area contributed by atoms with Crippen LogP contribution in [-0.4, -0.2) is 52.3 Å². The second-order valence-electron chi connectivity index (χ2n) is 5.92. The van der Waals surface area contributed by atoms with E-state index in [1.165, 1.54) is 6.42 Å². The molecule has 1 aromatic rings. The second-order valence-corrected chi connectivity index (χ2v) is 6.26. The van der Waals surface area contributed by atoms with Crippen LogP contribution in [0.5, 0.6) is 0 Å². The van der Waals surface area contributed by atoms with Gasteiger partial charge in [0.15, 0.2) is 0 Å². The fourth-order valence-electron chi connectivity index (χ4n) is 2.39. The highest BCUT2D eigenvalue weighted by Crippen LogP contribution is 2.20. The Morgan fingerprint density at radius 1 is 1.20 bits per heavy atom. The molecule has 2 heterocycles. The molecule has 1 N–H and O–H groups in total. The molecule has 1 aliphatic heterocycles. The third-order valence-corrected chi connectivity index (χ3v) is 3.36. The second kappa shape index (κ2) is 6.10. The predicted molar refractivity (Wildman–Crippen MR) is 80.5 cm³/mol. The fourth-order valence-corrected chi connectivity index (χ4v) is 2.54. The third kappa shape index (κ3) is 4.18. The molecule has 1 aromatic heterocycles. The molecule has 1 aliphatic rings. The number of hydrogen-bond donors (Lipinski definition) is 1. The minimum Gasteiger partial charge on any atom is -0.389 e. The van der Waals surface area contributed by atoms with Crippen LogP contribution in [0, 0.1) is 0 Å². The summed E-state index contributed by atoms with van der Waals surface area (Å²) in [7, 11) is 1.84. The van der Waals surface area contributed by atoms with E-state index in [2.05, 4.69) is 19.9 Å². The molecule has 0 unspecified atom stereocenters. The molecule has 7 heteroatoms. The Bertz CT molecular complexity index is 457. The molecule has 1 saturated heterocycles. The average molecular weight is 300 g/mol. The first kappa shape index (κ1) is 15.3. The highest BCUT2D eigenvalue weighted by Gasteiger charge is 2.20. The van der Waals surface area contributed by atoms with Gasteiger partial charge in [-0.15, -0.1) is 0 Å². The van der Waals surface area contributed by atoms with Gasteiger partial charge in [0, 0.05) is 26.7 Å². The zero-order valence-electron chi connectivity index (χ0n) is 12.3. The largest absolute Gasteiger partial charge is 0.389 e. The number of aliphatic hydroxyl groups is 1. The molecule has 20 heavy (non-hydrogen) atoms. The quantitative estimate of drug-likeness (QED) is 0.913. The number of hydrogen-bond acceptors (Lipinski definition) is 6. The summed E-state index contributed by atoms with van der Waals surface area (Å²) in [5.74, 6) is 1.12. The predicted octanol–water partition coefficient (Wildman–Crippen LogP) is 1.72. The number of rotatable bonds is 4. The van der Waals surface area contributed by atoms with Gasteiger partial charge in [-0.1, -0.05) is 0 Å². The van der Waals surface area contributed by atoms with Crippen molar-refractivity contribution in [3.63, 3.8) is 0 Å². The van der Waals surface area contributed by atoms with Crippen LogP contribution in [0.15, 0.2) is 0 Å². The van der Waals surface area contributed by atoms with Gasteiger partial charge in [0.1, 0.15) is 0 Å². The minimum atomic E-state index is -0.820. The first-order chi connectivity index (χ1) is 9.35. The summed E-state index contributed by atoms with van der Waals surface area (Å²) >= 11 is 6.01. The lowest BCUT2D eigenvalue weighted by Gasteiger charge is -2.29. The van der Waals surface area contributed by atoms with Crippen molar-refractivity contribution in [2.45, 2.75) is 38.7 Å². The normalized spacial score (nSPS) is 16.4. The van der Waals surface area contributed by atoms with Crippen LogP contribution < -0.4 is 9.80 Å². The number of aromatic nitrogens is 3. The van der Waals surface area contributed by atoms with Gasteiger partial charge < -0.3 is 14.9 Å². The van der Waals surface area contributed by atoms with E-state index in [0.717, 1.165) is 25.9 Å². The van der Waals surface area contributed by atoms with E-state index in [1.54, 1.807) is 18.7 Å². The van der Waals surface area contributed by atoms with E-state index in [4.69, 9.17) is 11.6 Å². The smallest absolute Gasteiger partial charge is 0.231 e. The van der Waals surface area contributed by atoms with E-state index >= 15 is 0 Å². The first-order valence-electron chi connectivity index (χ1n) is 6.95. The standard InChI is InChI=1S/C13H22ClN5O/c1-13(2,20)9-18(3)11-15-10(14)16-12(17-11)19-7-5-4-6-8-19/h20H,4-9H2,1-3H3. The average Bonchev–Trinajstić information content (AvgIpc) is 2.37. The summed E-state index contributed by atoms with van der Waals surface area (Å²) in [5, 5.41) is 10.1. The van der Waals surface area contributed by atoms with E-state index in [-0.39, 0.29) is 5.28 Å². The van der Waals surface area contributed by atoms with E-state index in [0.29, 0.717) is 18.4 Å². The van der Waals surface area contributed by atoms with Crippen molar-refractivity contribution < 1.29 is 5.11 Å². The number of nitrogens with zero attached hydrogens (tertiary/aromatic N) is 5. The Morgan fingerprint density at radius 3 is 2.45 bits per heavy atom. The van der Waals surface area contributed by atoms with Crippen LogP contribution in [0.2, 0.25) is 5.28 Å². The van der Waals surface area contributed by atoms with Crippen LogP contribution in [0.1, 0.15) is 33.1 Å². The maximum Gasteiger partial charge on any atom is 0.231 e. The van der Waals surface area contributed by atoms with Gasteiger partial charge in [0.25, 0.3) is 0 Å². The van der Waals surface area contributed by atoms with Crippen molar-refractivity contribution in [3.8, 4) is 0 Å². The van der Waals surface area contributed by atoms with Crippen LogP contribution in [0.25, 0.3) is 0 Å². The lowest BCUT2D eigenvalue weighted by molar-refractivity contribution is 0.0882. The number of anilines is 2. The highest BCUT2D eigenvalue weighted by molar-refractivity contribution is 6.28. The van der Waals surface area contributed by atoms with Gasteiger partial charge in [0.05, 0.1) is 5.60 Å². The molecule has 0 aliphatic carbocycles. The molecule has 6 nitrogen and oxygen atoms in total. The monoisotopic (exact) mass is 299 g/mol. The van der Waals surface area contributed by atoms with Gasteiger partial charge in [-0.25, -0.2) is 0 Å². The van der Waals surface area contributed by atoms with Gasteiger partial charge in [-0.2, -0.15) is 15.0 Å². The first-order valence-corrected chi connectivity index (χ1v) is 7.33. The molecule has 112 valence electrons. The zero-order chi connectivity index (χ0) is 14.8. The molecule has 0 aromatic carbocycles. The Hall–Kier alpha value is -1.14. The topological polar surface area (TPSA) is 65.4 Å². The molecule has 1 fully saturated rings. The molecule has 0 atom stereocenters. The summed E-state index contributed by atoms with van der Waals surface area (Å²) in [4.78, 5) is 16.8. The SMILES string of the molecule is CN(CC(C)(C)O)c1nc(Cl)nc(N2CCCCC2)n1. The van der Waals surface area contributed by atoms with Crippen molar-refractivity contribution in [1.29, 1.82) is 0 Å². The Morgan fingerprint density at radius 2 is 1.85 bits per heavy atom. The Balaban J connectivity index is 2.19. The van der Waals surface area contributed by atoms with Crippen molar-refractivity contribution in [3.05, 3.63) is 5.28 Å².